The number of rotatable bonds is 9. The number of benzene rings is 2. The van der Waals surface area contributed by atoms with Gasteiger partial charge in [-0.15, -0.1) is 0 Å². The summed E-state index contributed by atoms with van der Waals surface area (Å²) >= 11 is 0. The number of nitrogens with one attached hydrogen (secondary N) is 3. The van der Waals surface area contributed by atoms with Crippen molar-refractivity contribution in [1.82, 2.24) is 20.3 Å². The molecule has 0 radical (unpaired) electrons. The third-order valence-electron chi connectivity index (χ3n) is 6.36. The standard InChI is InChI=1S/C28H23F4N7O3S/c29-18-10-19(14-34-13-18)37-28-36-9-7-22(38-28)20-2-1-8-35-27(20)42-23-11-21(30)26(25(32)24(23)31)39-43(40,41)15-17-5-3-16(12-33)4-6-17/h1-9,11,18-19,34,39H,10,13-15H2,(H,36,37,38)/t18-,19?/m0/s1. The van der Waals surface area contributed by atoms with Gasteiger partial charge in [0, 0.05) is 44.0 Å². The number of pyridine rings is 1. The molecule has 10 nitrogen and oxygen atoms in total. The summed E-state index contributed by atoms with van der Waals surface area (Å²) in [4.78, 5) is 12.6. The zero-order chi connectivity index (χ0) is 30.6. The minimum Gasteiger partial charge on any atom is -0.435 e. The molecule has 3 N–H and O–H groups in total. The van der Waals surface area contributed by atoms with Crippen LogP contribution in [0.5, 0.6) is 11.6 Å². The summed E-state index contributed by atoms with van der Waals surface area (Å²) in [6.45, 7) is 0.770. The van der Waals surface area contributed by atoms with E-state index in [4.69, 9.17) is 10.00 Å². The Labute approximate surface area is 243 Å². The Kier molecular flexibility index (Phi) is 8.69. The summed E-state index contributed by atoms with van der Waals surface area (Å²) in [5.74, 6) is -6.55. The summed E-state index contributed by atoms with van der Waals surface area (Å²) in [6, 6.07) is 12.2. The van der Waals surface area contributed by atoms with E-state index in [-0.39, 0.29) is 47.7 Å². The lowest BCUT2D eigenvalue weighted by Crippen LogP contribution is -2.44. The maximum Gasteiger partial charge on any atom is 0.237 e. The molecule has 2 aromatic heterocycles. The highest BCUT2D eigenvalue weighted by Crippen LogP contribution is 2.36. The molecule has 3 heterocycles. The number of halogens is 4. The Morgan fingerprint density at radius 3 is 2.58 bits per heavy atom. The minimum absolute atomic E-state index is 0.189. The highest BCUT2D eigenvalue weighted by atomic mass is 32.2. The van der Waals surface area contributed by atoms with Crippen LogP contribution in [0.15, 0.2) is 60.9 Å². The van der Waals surface area contributed by atoms with Crippen LogP contribution in [-0.2, 0) is 15.8 Å². The summed E-state index contributed by atoms with van der Waals surface area (Å²) in [5, 5.41) is 14.9. The van der Waals surface area contributed by atoms with E-state index in [0.717, 1.165) is 0 Å². The van der Waals surface area contributed by atoms with E-state index in [2.05, 4.69) is 25.6 Å². The smallest absolute Gasteiger partial charge is 0.237 e. The SMILES string of the molecule is N#Cc1ccc(CS(=O)(=O)Nc2c(F)cc(Oc3ncccc3-c3ccnc(NC4CNC[C@@H](F)C4)n3)c(F)c2F)cc1. The van der Waals surface area contributed by atoms with Crippen molar-refractivity contribution in [3.05, 3.63) is 89.5 Å². The summed E-state index contributed by atoms with van der Waals surface area (Å²) in [7, 11) is -4.38. The zero-order valence-electron chi connectivity index (χ0n) is 22.2. The average Bonchev–Trinajstić information content (AvgIpc) is 2.99. The van der Waals surface area contributed by atoms with Gasteiger partial charge < -0.3 is 15.4 Å². The first-order chi connectivity index (χ1) is 20.6. The highest BCUT2D eigenvalue weighted by Gasteiger charge is 2.26. The van der Waals surface area contributed by atoms with Crippen molar-refractivity contribution >= 4 is 21.7 Å². The largest absolute Gasteiger partial charge is 0.435 e. The number of alkyl halides is 1. The van der Waals surface area contributed by atoms with E-state index >= 15 is 4.39 Å². The van der Waals surface area contributed by atoms with Gasteiger partial charge in [0.2, 0.25) is 27.7 Å². The van der Waals surface area contributed by atoms with Gasteiger partial charge in [-0.2, -0.15) is 9.65 Å². The molecule has 0 saturated carbocycles. The van der Waals surface area contributed by atoms with Crippen LogP contribution in [0, 0.1) is 28.8 Å². The van der Waals surface area contributed by atoms with Crippen molar-refractivity contribution in [3.8, 4) is 29.0 Å². The Hall–Kier alpha value is -4.81. The lowest BCUT2D eigenvalue weighted by Gasteiger charge is -2.26. The summed E-state index contributed by atoms with van der Waals surface area (Å²) < 4.78 is 91.1. The first kappa shape index (κ1) is 29.7. The van der Waals surface area contributed by atoms with Crippen LogP contribution in [0.1, 0.15) is 17.5 Å². The Morgan fingerprint density at radius 2 is 1.84 bits per heavy atom. The van der Waals surface area contributed by atoms with Crippen LogP contribution in [0.25, 0.3) is 11.3 Å². The molecule has 1 unspecified atom stereocenters. The van der Waals surface area contributed by atoms with Crippen LogP contribution >= 0.6 is 0 Å². The molecular weight excluding hydrogens is 590 g/mol. The van der Waals surface area contributed by atoms with Crippen LogP contribution in [0.3, 0.4) is 0 Å². The van der Waals surface area contributed by atoms with Crippen molar-refractivity contribution in [2.75, 3.05) is 23.1 Å². The van der Waals surface area contributed by atoms with Gasteiger partial charge in [-0.3, -0.25) is 4.72 Å². The predicted octanol–water partition coefficient (Wildman–Crippen LogP) is 4.67. The highest BCUT2D eigenvalue weighted by molar-refractivity contribution is 7.91. The molecule has 1 aliphatic heterocycles. The second kappa shape index (κ2) is 12.6. The monoisotopic (exact) mass is 613 g/mol. The van der Waals surface area contributed by atoms with Gasteiger partial charge in [0.15, 0.2) is 17.4 Å². The molecule has 2 atom stereocenters. The van der Waals surface area contributed by atoms with Gasteiger partial charge in [0.05, 0.1) is 28.6 Å². The molecule has 222 valence electrons. The maximum absolute atomic E-state index is 15.1. The number of piperidine rings is 1. The van der Waals surface area contributed by atoms with Gasteiger partial charge in [0.1, 0.15) is 11.9 Å². The van der Waals surface area contributed by atoms with Gasteiger partial charge >= 0.3 is 0 Å². The van der Waals surface area contributed by atoms with Crippen molar-refractivity contribution < 1.29 is 30.7 Å². The number of aromatic nitrogens is 3. The number of hydrogen-bond donors (Lipinski definition) is 3. The molecule has 1 aliphatic rings. The fraction of sp³-hybridized carbons (Fsp3) is 0.214. The van der Waals surface area contributed by atoms with E-state index in [1.165, 1.54) is 48.8 Å². The molecule has 0 bridgehead atoms. The topological polar surface area (TPSA) is 142 Å². The fourth-order valence-corrected chi connectivity index (χ4v) is 5.56. The molecule has 2 aromatic carbocycles. The van der Waals surface area contributed by atoms with Crippen molar-refractivity contribution in [2.24, 2.45) is 0 Å². The molecular formula is C28H23F4N7O3S. The molecule has 0 amide bonds. The Balaban J connectivity index is 1.36. The van der Waals surface area contributed by atoms with E-state index in [9.17, 15) is 21.6 Å². The normalized spacial score (nSPS) is 16.7. The van der Waals surface area contributed by atoms with Gasteiger partial charge in [-0.25, -0.2) is 36.5 Å². The first-order valence-corrected chi connectivity index (χ1v) is 14.5. The van der Waals surface area contributed by atoms with Crippen LogP contribution in [-0.4, -0.2) is 48.7 Å². The van der Waals surface area contributed by atoms with Crippen LogP contribution in [0.2, 0.25) is 0 Å². The second-order valence-corrected chi connectivity index (χ2v) is 11.3. The molecule has 5 rings (SSSR count). The lowest BCUT2D eigenvalue weighted by molar-refractivity contribution is 0.254. The third kappa shape index (κ3) is 7.16. The number of hydrogen-bond acceptors (Lipinski definition) is 9. The molecule has 1 saturated heterocycles. The minimum atomic E-state index is -4.38. The molecule has 1 fully saturated rings. The fourth-order valence-electron chi connectivity index (χ4n) is 4.36. The van der Waals surface area contributed by atoms with E-state index in [0.29, 0.717) is 18.2 Å². The number of nitriles is 1. The van der Waals surface area contributed by atoms with Crippen LogP contribution < -0.4 is 20.1 Å². The van der Waals surface area contributed by atoms with Crippen molar-refractivity contribution in [3.63, 3.8) is 0 Å². The Bertz CT molecular complexity index is 1790. The van der Waals surface area contributed by atoms with Crippen molar-refractivity contribution in [1.29, 1.82) is 5.26 Å². The quantitative estimate of drug-likeness (QED) is 0.181. The second-order valence-electron chi connectivity index (χ2n) is 9.59. The zero-order valence-corrected chi connectivity index (χ0v) is 23.0. The van der Waals surface area contributed by atoms with E-state index in [1.54, 1.807) is 10.8 Å². The molecule has 0 aliphatic carbocycles. The maximum atomic E-state index is 15.1. The molecule has 15 heteroatoms. The van der Waals surface area contributed by atoms with Crippen molar-refractivity contribution in [2.45, 2.75) is 24.4 Å². The number of anilines is 2. The number of ether oxygens (including phenoxy) is 1. The Morgan fingerprint density at radius 1 is 1.05 bits per heavy atom. The number of sulfonamides is 1. The number of nitrogens with zero attached hydrogens (tertiary/aromatic N) is 4. The van der Waals surface area contributed by atoms with Crippen LogP contribution in [0.4, 0.5) is 29.2 Å². The summed E-state index contributed by atoms with van der Waals surface area (Å²) in [5.41, 5.74) is -0.190. The van der Waals surface area contributed by atoms with Gasteiger partial charge in [-0.1, -0.05) is 12.1 Å². The molecule has 4 aromatic rings. The van der Waals surface area contributed by atoms with Gasteiger partial charge in [0.25, 0.3) is 0 Å². The van der Waals surface area contributed by atoms with Gasteiger partial charge in [-0.05, 0) is 35.9 Å². The molecule has 0 spiro atoms. The van der Waals surface area contributed by atoms with E-state index < -0.39 is 50.8 Å². The van der Waals surface area contributed by atoms with E-state index in [1.807, 2.05) is 6.07 Å². The third-order valence-corrected chi connectivity index (χ3v) is 7.59. The molecule has 43 heavy (non-hydrogen) atoms. The first-order valence-electron chi connectivity index (χ1n) is 12.9. The lowest BCUT2D eigenvalue weighted by atomic mass is 10.1. The summed E-state index contributed by atoms with van der Waals surface area (Å²) in [6.07, 6.45) is 1.99. The average molecular weight is 614 g/mol. The predicted molar refractivity (Wildman–Crippen MR) is 149 cm³/mol.